The quantitative estimate of drug-likeness (QED) is 0.589. The average molecular weight is 452 g/mol. The van der Waals surface area contributed by atoms with Crippen molar-refractivity contribution in [2.75, 3.05) is 14.2 Å². The number of hydrogen-bond acceptors (Lipinski definition) is 4. The number of amides is 1. The van der Waals surface area contributed by atoms with E-state index in [4.69, 9.17) is 14.2 Å². The highest BCUT2D eigenvalue weighted by molar-refractivity contribution is 9.10. The minimum atomic E-state index is -0.709. The number of nitrogens with zero attached hydrogens (tertiary/aromatic N) is 1. The van der Waals surface area contributed by atoms with Gasteiger partial charge in [0.25, 0.3) is 5.91 Å². The molecule has 5 nitrogen and oxygen atoms in total. The van der Waals surface area contributed by atoms with Crippen molar-refractivity contribution in [2.45, 2.75) is 38.5 Å². The third kappa shape index (κ3) is 4.76. The zero-order valence-corrected chi connectivity index (χ0v) is 17.7. The number of carbonyl (C=O) groups excluding carboxylic acids is 1. The molecule has 1 aliphatic carbocycles. The molecule has 1 amide bonds. The fourth-order valence-corrected chi connectivity index (χ4v) is 3.45. The van der Waals surface area contributed by atoms with E-state index in [9.17, 15) is 9.18 Å². The van der Waals surface area contributed by atoms with Crippen LogP contribution in [0.5, 0.6) is 17.2 Å². The van der Waals surface area contributed by atoms with Crippen molar-refractivity contribution in [1.82, 2.24) is 4.90 Å². The molecular formula is C21H23BrFNO4. The molecular weight excluding hydrogens is 429 g/mol. The van der Waals surface area contributed by atoms with E-state index in [2.05, 4.69) is 15.9 Å². The number of methoxy groups -OCH3 is 2. The molecule has 2 aromatic rings. The Labute approximate surface area is 172 Å². The summed E-state index contributed by atoms with van der Waals surface area (Å²) in [6, 6.07) is 9.84. The van der Waals surface area contributed by atoms with Crippen molar-refractivity contribution in [2.24, 2.45) is 0 Å². The molecule has 1 aliphatic rings. The van der Waals surface area contributed by atoms with Gasteiger partial charge in [-0.25, -0.2) is 4.39 Å². The third-order valence-corrected chi connectivity index (χ3v) is 5.26. The minimum Gasteiger partial charge on any atom is -0.497 e. The van der Waals surface area contributed by atoms with Crippen molar-refractivity contribution in [3.63, 3.8) is 0 Å². The van der Waals surface area contributed by atoms with Crippen LogP contribution in [0, 0.1) is 5.82 Å². The Balaban J connectivity index is 1.77. The van der Waals surface area contributed by atoms with Crippen molar-refractivity contribution < 1.29 is 23.4 Å². The van der Waals surface area contributed by atoms with Crippen LogP contribution in [-0.2, 0) is 11.3 Å². The molecule has 150 valence electrons. The maximum absolute atomic E-state index is 13.3. The number of benzene rings is 2. The molecule has 28 heavy (non-hydrogen) atoms. The van der Waals surface area contributed by atoms with Gasteiger partial charge in [0, 0.05) is 18.2 Å². The molecule has 0 spiro atoms. The lowest BCUT2D eigenvalue weighted by atomic mass is 10.1. The molecule has 0 radical (unpaired) electrons. The molecule has 1 saturated carbocycles. The van der Waals surface area contributed by atoms with E-state index in [1.54, 1.807) is 21.1 Å². The molecule has 0 saturated heterocycles. The van der Waals surface area contributed by atoms with Crippen molar-refractivity contribution in [1.29, 1.82) is 0 Å². The van der Waals surface area contributed by atoms with Gasteiger partial charge in [0.1, 0.15) is 23.1 Å². The number of rotatable bonds is 8. The summed E-state index contributed by atoms with van der Waals surface area (Å²) in [5.74, 6) is 1.34. The lowest BCUT2D eigenvalue weighted by Gasteiger charge is -2.27. The highest BCUT2D eigenvalue weighted by Crippen LogP contribution is 2.33. The number of halogens is 2. The molecule has 3 rings (SSSR count). The van der Waals surface area contributed by atoms with Gasteiger partial charge in [0.05, 0.1) is 18.7 Å². The molecule has 1 unspecified atom stereocenters. The van der Waals surface area contributed by atoms with Crippen LogP contribution in [0.2, 0.25) is 0 Å². The molecule has 0 N–H and O–H groups in total. The smallest absolute Gasteiger partial charge is 0.263 e. The summed E-state index contributed by atoms with van der Waals surface area (Å²) in [7, 11) is 3.21. The topological polar surface area (TPSA) is 48.0 Å². The lowest BCUT2D eigenvalue weighted by molar-refractivity contribution is -0.139. The third-order valence-electron chi connectivity index (χ3n) is 4.64. The fourth-order valence-electron chi connectivity index (χ4n) is 3.01. The van der Waals surface area contributed by atoms with Crippen LogP contribution in [0.15, 0.2) is 40.9 Å². The van der Waals surface area contributed by atoms with Crippen LogP contribution in [0.3, 0.4) is 0 Å². The van der Waals surface area contributed by atoms with Crippen LogP contribution < -0.4 is 14.2 Å². The summed E-state index contributed by atoms with van der Waals surface area (Å²) < 4.78 is 30.3. The summed E-state index contributed by atoms with van der Waals surface area (Å²) in [5, 5.41) is 0. The summed E-state index contributed by atoms with van der Waals surface area (Å²) in [5.41, 5.74) is 0.872. The van der Waals surface area contributed by atoms with Crippen molar-refractivity contribution in [3.05, 3.63) is 52.3 Å². The Hall–Kier alpha value is -2.28. The summed E-state index contributed by atoms with van der Waals surface area (Å²) >= 11 is 3.27. The predicted octanol–water partition coefficient (Wildman–Crippen LogP) is 4.56. The second-order valence-corrected chi connectivity index (χ2v) is 7.56. The van der Waals surface area contributed by atoms with Gasteiger partial charge >= 0.3 is 0 Å². The Morgan fingerprint density at radius 2 is 1.89 bits per heavy atom. The molecule has 0 heterocycles. The van der Waals surface area contributed by atoms with Gasteiger partial charge in [-0.05, 0) is 72.1 Å². The zero-order valence-electron chi connectivity index (χ0n) is 16.1. The minimum absolute atomic E-state index is 0.122. The lowest BCUT2D eigenvalue weighted by Crippen LogP contribution is -2.41. The van der Waals surface area contributed by atoms with Gasteiger partial charge in [-0.3, -0.25) is 4.79 Å². The van der Waals surface area contributed by atoms with E-state index in [1.165, 1.54) is 18.2 Å². The Bertz CT molecular complexity index is 856. The Morgan fingerprint density at radius 1 is 1.18 bits per heavy atom. The van der Waals surface area contributed by atoms with Gasteiger partial charge in [-0.15, -0.1) is 0 Å². The first kappa shape index (κ1) is 20.5. The van der Waals surface area contributed by atoms with Gasteiger partial charge < -0.3 is 19.1 Å². The second kappa shape index (κ2) is 8.82. The highest BCUT2D eigenvalue weighted by Gasteiger charge is 2.36. The first-order chi connectivity index (χ1) is 13.4. The largest absolute Gasteiger partial charge is 0.497 e. The molecule has 1 atom stereocenters. The van der Waals surface area contributed by atoms with Gasteiger partial charge in [-0.2, -0.15) is 0 Å². The van der Waals surface area contributed by atoms with Crippen LogP contribution in [0.4, 0.5) is 4.39 Å². The van der Waals surface area contributed by atoms with Crippen LogP contribution in [0.25, 0.3) is 0 Å². The van der Waals surface area contributed by atoms with E-state index >= 15 is 0 Å². The zero-order chi connectivity index (χ0) is 20.3. The molecule has 0 aliphatic heterocycles. The standard InChI is InChI=1S/C21H23BrFNO4/c1-13(28-20-8-4-15(23)11-18(20)22)21(25)24(16-5-6-16)12-14-10-17(26-2)7-9-19(14)27-3/h4,7-11,13,16H,5-6,12H2,1-3H3. The van der Waals surface area contributed by atoms with Crippen LogP contribution >= 0.6 is 15.9 Å². The number of carbonyl (C=O) groups is 1. The summed E-state index contributed by atoms with van der Waals surface area (Å²) in [4.78, 5) is 14.9. The van der Waals surface area contributed by atoms with E-state index < -0.39 is 6.10 Å². The first-order valence-corrected chi connectivity index (χ1v) is 9.85. The molecule has 7 heteroatoms. The van der Waals surface area contributed by atoms with Gasteiger partial charge in [0.2, 0.25) is 0 Å². The molecule has 1 fully saturated rings. The highest BCUT2D eigenvalue weighted by atomic mass is 79.9. The Kier molecular flexibility index (Phi) is 6.44. The first-order valence-electron chi connectivity index (χ1n) is 9.06. The van der Waals surface area contributed by atoms with E-state index in [1.807, 2.05) is 23.1 Å². The SMILES string of the molecule is COc1ccc(OC)c(CN(C(=O)C(C)Oc2ccc(F)cc2Br)C2CC2)c1. The molecule has 0 aromatic heterocycles. The van der Waals surface area contributed by atoms with E-state index in [0.29, 0.717) is 28.3 Å². The average Bonchev–Trinajstić information content (AvgIpc) is 3.52. The van der Waals surface area contributed by atoms with Gasteiger partial charge in [0.15, 0.2) is 6.10 Å². The van der Waals surface area contributed by atoms with E-state index in [0.717, 1.165) is 18.4 Å². The second-order valence-electron chi connectivity index (χ2n) is 6.71. The Morgan fingerprint density at radius 3 is 2.50 bits per heavy atom. The predicted molar refractivity (Wildman–Crippen MR) is 107 cm³/mol. The summed E-state index contributed by atoms with van der Waals surface area (Å²) in [6.07, 6.45) is 1.22. The normalized spacial score (nSPS) is 14.3. The number of hydrogen-bond donors (Lipinski definition) is 0. The van der Waals surface area contributed by atoms with E-state index in [-0.39, 0.29) is 17.8 Å². The van der Waals surface area contributed by atoms with Gasteiger partial charge in [-0.1, -0.05) is 0 Å². The van der Waals surface area contributed by atoms with Crippen LogP contribution in [0.1, 0.15) is 25.3 Å². The van der Waals surface area contributed by atoms with Crippen molar-refractivity contribution >= 4 is 21.8 Å². The maximum atomic E-state index is 13.3. The van der Waals surface area contributed by atoms with Crippen molar-refractivity contribution in [3.8, 4) is 17.2 Å². The van der Waals surface area contributed by atoms with Crippen LogP contribution in [-0.4, -0.2) is 37.2 Å². The monoisotopic (exact) mass is 451 g/mol. The maximum Gasteiger partial charge on any atom is 0.263 e. The molecule has 2 aromatic carbocycles. The molecule has 0 bridgehead atoms. The summed E-state index contributed by atoms with van der Waals surface area (Å²) in [6.45, 7) is 2.11. The fraction of sp³-hybridized carbons (Fsp3) is 0.381. The number of ether oxygens (including phenoxy) is 3.